The lowest BCUT2D eigenvalue weighted by molar-refractivity contribution is -0.154. The lowest BCUT2D eigenvalue weighted by atomic mass is 9.72. The van der Waals surface area contributed by atoms with Crippen molar-refractivity contribution < 1.29 is 14.7 Å². The van der Waals surface area contributed by atoms with Gasteiger partial charge in [-0.05, 0) is 47.6 Å². The van der Waals surface area contributed by atoms with E-state index in [0.717, 1.165) is 43.2 Å². The summed E-state index contributed by atoms with van der Waals surface area (Å²) in [6.07, 6.45) is 4.80. The SMILES string of the molecule is CC(C)(C)[C@H]1[C@H](NCc2cc(Cl)cc(Cl)c2)[C@H](c2ccccc2)N(C(=O)C2CCCCC2)[C@@H]1C(=O)O. The minimum absolute atomic E-state index is 0.0275. The molecule has 36 heavy (non-hydrogen) atoms. The summed E-state index contributed by atoms with van der Waals surface area (Å²) in [5.41, 5.74) is 1.48. The van der Waals surface area contributed by atoms with Crippen LogP contribution in [0.2, 0.25) is 10.0 Å². The summed E-state index contributed by atoms with van der Waals surface area (Å²) in [5.74, 6) is -1.42. The predicted octanol–water partition coefficient (Wildman–Crippen LogP) is 6.73. The number of rotatable bonds is 6. The monoisotopic (exact) mass is 530 g/mol. The average Bonchev–Trinajstić information content (AvgIpc) is 3.19. The molecule has 7 heteroatoms. The maximum Gasteiger partial charge on any atom is 0.326 e. The first-order valence-electron chi connectivity index (χ1n) is 12.9. The molecule has 0 bridgehead atoms. The molecule has 1 heterocycles. The zero-order chi connectivity index (χ0) is 26.0. The van der Waals surface area contributed by atoms with Crippen molar-refractivity contribution in [2.45, 2.75) is 77.5 Å². The molecule has 1 saturated carbocycles. The largest absolute Gasteiger partial charge is 0.480 e. The molecule has 2 aromatic rings. The van der Waals surface area contributed by atoms with E-state index in [-0.39, 0.29) is 29.2 Å². The first-order chi connectivity index (χ1) is 17.1. The Kier molecular flexibility index (Phi) is 8.33. The van der Waals surface area contributed by atoms with Crippen molar-refractivity contribution in [3.8, 4) is 0 Å². The first-order valence-corrected chi connectivity index (χ1v) is 13.6. The van der Waals surface area contributed by atoms with Gasteiger partial charge in [-0.15, -0.1) is 0 Å². The number of carbonyl (C=O) groups excluding carboxylic acids is 1. The highest BCUT2D eigenvalue weighted by atomic mass is 35.5. The summed E-state index contributed by atoms with van der Waals surface area (Å²) >= 11 is 12.5. The van der Waals surface area contributed by atoms with Crippen LogP contribution < -0.4 is 5.32 Å². The van der Waals surface area contributed by atoms with Crippen LogP contribution in [0.15, 0.2) is 48.5 Å². The lowest BCUT2D eigenvalue weighted by Crippen LogP contribution is -2.49. The summed E-state index contributed by atoms with van der Waals surface area (Å²) in [4.78, 5) is 28.7. The molecule has 4 atom stereocenters. The van der Waals surface area contributed by atoms with Crippen LogP contribution >= 0.6 is 23.2 Å². The van der Waals surface area contributed by atoms with E-state index in [4.69, 9.17) is 23.2 Å². The number of halogens is 2. The third kappa shape index (κ3) is 5.74. The lowest BCUT2D eigenvalue weighted by Gasteiger charge is -2.36. The fraction of sp³-hybridized carbons (Fsp3) is 0.517. The Bertz CT molecular complexity index is 1060. The molecule has 0 radical (unpaired) electrons. The maximum absolute atomic E-state index is 14.1. The molecular formula is C29H36Cl2N2O3. The van der Waals surface area contributed by atoms with Crippen molar-refractivity contribution in [1.29, 1.82) is 0 Å². The summed E-state index contributed by atoms with van der Waals surface area (Å²) in [6, 6.07) is 13.7. The third-order valence-electron chi connectivity index (χ3n) is 7.73. The second-order valence-electron chi connectivity index (χ2n) is 11.3. The summed E-state index contributed by atoms with van der Waals surface area (Å²) in [7, 11) is 0. The van der Waals surface area contributed by atoms with Gasteiger partial charge in [0.15, 0.2) is 0 Å². The van der Waals surface area contributed by atoms with Gasteiger partial charge in [0.25, 0.3) is 0 Å². The first kappa shape index (κ1) is 27.0. The van der Waals surface area contributed by atoms with Crippen LogP contribution in [0.25, 0.3) is 0 Å². The van der Waals surface area contributed by atoms with Gasteiger partial charge in [0.1, 0.15) is 6.04 Å². The van der Waals surface area contributed by atoms with E-state index >= 15 is 0 Å². The van der Waals surface area contributed by atoms with Crippen molar-refractivity contribution in [1.82, 2.24) is 10.2 Å². The molecule has 4 rings (SSSR count). The molecule has 2 aromatic carbocycles. The second-order valence-corrected chi connectivity index (χ2v) is 12.2. The van der Waals surface area contributed by atoms with Gasteiger partial charge in [0.2, 0.25) is 5.91 Å². The van der Waals surface area contributed by atoms with Crippen molar-refractivity contribution in [2.24, 2.45) is 17.3 Å². The highest BCUT2D eigenvalue weighted by molar-refractivity contribution is 6.34. The van der Waals surface area contributed by atoms with Crippen LogP contribution in [0.3, 0.4) is 0 Å². The fourth-order valence-electron chi connectivity index (χ4n) is 6.24. The molecule has 194 valence electrons. The van der Waals surface area contributed by atoms with E-state index in [1.807, 2.05) is 42.5 Å². The highest BCUT2D eigenvalue weighted by Gasteiger charge is 2.58. The Morgan fingerprint density at radius 3 is 2.17 bits per heavy atom. The van der Waals surface area contributed by atoms with Crippen molar-refractivity contribution in [3.05, 3.63) is 69.7 Å². The molecule has 1 amide bonds. The Morgan fingerprint density at radius 1 is 1.00 bits per heavy atom. The quantitative estimate of drug-likeness (QED) is 0.434. The second kappa shape index (κ2) is 11.1. The van der Waals surface area contributed by atoms with Crippen molar-refractivity contribution >= 4 is 35.1 Å². The summed E-state index contributed by atoms with van der Waals surface area (Å²) in [5, 5.41) is 15.3. The number of carboxylic acid groups (broad SMARTS) is 1. The van der Waals surface area contributed by atoms with E-state index in [9.17, 15) is 14.7 Å². The zero-order valence-corrected chi connectivity index (χ0v) is 22.7. The van der Waals surface area contributed by atoms with Crippen molar-refractivity contribution in [3.63, 3.8) is 0 Å². The molecule has 2 N–H and O–H groups in total. The zero-order valence-electron chi connectivity index (χ0n) is 21.2. The van der Waals surface area contributed by atoms with Crippen molar-refractivity contribution in [2.75, 3.05) is 0 Å². The van der Waals surface area contributed by atoms with Gasteiger partial charge in [0.05, 0.1) is 6.04 Å². The van der Waals surface area contributed by atoms with E-state index < -0.39 is 18.1 Å². The number of nitrogens with zero attached hydrogens (tertiary/aromatic N) is 1. The van der Waals surface area contributed by atoms with Crippen LogP contribution in [-0.2, 0) is 16.1 Å². The average molecular weight is 532 g/mol. The van der Waals surface area contributed by atoms with E-state index in [1.165, 1.54) is 0 Å². The Hall–Kier alpha value is -2.08. The number of likely N-dealkylation sites (tertiary alicyclic amines) is 1. The van der Waals surface area contributed by atoms with Gasteiger partial charge in [-0.25, -0.2) is 4.79 Å². The van der Waals surface area contributed by atoms with Gasteiger partial charge in [0, 0.05) is 34.5 Å². The fourth-order valence-corrected chi connectivity index (χ4v) is 6.81. The summed E-state index contributed by atoms with van der Waals surface area (Å²) in [6.45, 7) is 6.65. The number of hydrogen-bond acceptors (Lipinski definition) is 3. The van der Waals surface area contributed by atoms with Crippen LogP contribution in [0.4, 0.5) is 0 Å². The van der Waals surface area contributed by atoms with Gasteiger partial charge in [-0.3, -0.25) is 4.79 Å². The Labute approximate surface area is 224 Å². The van der Waals surface area contributed by atoms with E-state index in [2.05, 4.69) is 26.1 Å². The molecule has 2 fully saturated rings. The molecule has 0 aromatic heterocycles. The molecule has 2 aliphatic rings. The molecule has 5 nitrogen and oxygen atoms in total. The third-order valence-corrected chi connectivity index (χ3v) is 8.17. The van der Waals surface area contributed by atoms with Gasteiger partial charge in [-0.1, -0.05) is 93.6 Å². The van der Waals surface area contributed by atoms with E-state index in [0.29, 0.717) is 16.6 Å². The van der Waals surface area contributed by atoms with Gasteiger partial charge < -0.3 is 15.3 Å². The number of nitrogens with one attached hydrogen (secondary N) is 1. The number of carboxylic acids is 1. The number of amides is 1. The minimum Gasteiger partial charge on any atom is -0.480 e. The number of benzene rings is 2. The standard InChI is InChI=1S/C29H36Cl2N2O3/c1-29(2,3)23-24(32-17-18-14-21(30)16-22(31)15-18)25(19-10-6-4-7-11-19)33(26(23)28(35)36)27(34)20-12-8-5-9-13-20/h4,6-7,10-11,14-16,20,23-26,32H,5,8-9,12-13,17H2,1-3H3,(H,35,36)/t23-,24-,25-,26-/m0/s1. The van der Waals surface area contributed by atoms with Crippen LogP contribution in [0.5, 0.6) is 0 Å². The minimum atomic E-state index is -0.949. The highest BCUT2D eigenvalue weighted by Crippen LogP contribution is 2.49. The smallest absolute Gasteiger partial charge is 0.326 e. The molecular weight excluding hydrogens is 495 g/mol. The Morgan fingerprint density at radius 2 is 1.61 bits per heavy atom. The molecule has 1 aliphatic carbocycles. The van der Waals surface area contributed by atoms with Crippen LogP contribution in [0.1, 0.15) is 70.0 Å². The Balaban J connectivity index is 1.79. The predicted molar refractivity (Wildman–Crippen MR) is 144 cm³/mol. The maximum atomic E-state index is 14.1. The molecule has 1 aliphatic heterocycles. The molecule has 0 unspecified atom stereocenters. The molecule has 1 saturated heterocycles. The normalized spacial score (nSPS) is 25.2. The number of carbonyl (C=O) groups is 2. The number of aliphatic carboxylic acids is 1. The number of hydrogen-bond donors (Lipinski definition) is 2. The van der Waals surface area contributed by atoms with Crippen LogP contribution in [0, 0.1) is 17.3 Å². The molecule has 0 spiro atoms. The van der Waals surface area contributed by atoms with Gasteiger partial charge >= 0.3 is 5.97 Å². The van der Waals surface area contributed by atoms with Gasteiger partial charge in [-0.2, -0.15) is 0 Å². The van der Waals surface area contributed by atoms with E-state index in [1.54, 1.807) is 11.0 Å². The summed E-state index contributed by atoms with van der Waals surface area (Å²) < 4.78 is 0. The van der Waals surface area contributed by atoms with Crippen LogP contribution in [-0.4, -0.2) is 34.0 Å². The topological polar surface area (TPSA) is 69.6 Å².